The summed E-state index contributed by atoms with van der Waals surface area (Å²) in [5.41, 5.74) is 0. The van der Waals surface area contributed by atoms with Gasteiger partial charge in [0, 0.05) is 44.4 Å². The van der Waals surface area contributed by atoms with Crippen molar-refractivity contribution in [2.24, 2.45) is 5.92 Å². The lowest BCUT2D eigenvalue weighted by Gasteiger charge is -2.34. The van der Waals surface area contributed by atoms with E-state index in [0.717, 1.165) is 19.4 Å². The Labute approximate surface area is 107 Å². The zero-order chi connectivity index (χ0) is 13.0. The quantitative estimate of drug-likeness (QED) is 0.864. The van der Waals surface area contributed by atoms with Gasteiger partial charge >= 0.3 is 0 Å². The average molecular weight is 251 g/mol. The van der Waals surface area contributed by atoms with Crippen LogP contribution in [0.25, 0.3) is 0 Å². The van der Waals surface area contributed by atoms with Gasteiger partial charge in [-0.05, 0) is 25.8 Å². The number of nitrogens with zero attached hydrogens (tertiary/aromatic N) is 3. The highest BCUT2D eigenvalue weighted by atomic mass is 16.3. The van der Waals surface area contributed by atoms with E-state index in [1.807, 2.05) is 24.1 Å². The summed E-state index contributed by atoms with van der Waals surface area (Å²) in [7, 11) is 0. The second-order valence-electron chi connectivity index (χ2n) is 5.00. The second-order valence-corrected chi connectivity index (χ2v) is 5.00. The molecule has 1 aliphatic heterocycles. The molecule has 1 fully saturated rings. The van der Waals surface area contributed by atoms with Gasteiger partial charge in [-0.1, -0.05) is 0 Å². The lowest BCUT2D eigenvalue weighted by Crippen LogP contribution is -2.43. The summed E-state index contributed by atoms with van der Waals surface area (Å²) in [6, 6.07) is 1.86. The van der Waals surface area contributed by atoms with Gasteiger partial charge in [0.25, 0.3) is 0 Å². The maximum absolute atomic E-state index is 12.1. The lowest BCUT2D eigenvalue weighted by molar-refractivity contribution is -0.134. The lowest BCUT2D eigenvalue weighted by atomic mass is 9.93. The highest BCUT2D eigenvalue weighted by molar-refractivity contribution is 5.76. The summed E-state index contributed by atoms with van der Waals surface area (Å²) >= 11 is 0. The van der Waals surface area contributed by atoms with Gasteiger partial charge in [0.1, 0.15) is 0 Å². The molecule has 1 aromatic rings. The maximum atomic E-state index is 12.1. The number of piperidine rings is 1. The number of rotatable bonds is 4. The summed E-state index contributed by atoms with van der Waals surface area (Å²) < 4.78 is 1.77. The molecule has 100 valence electrons. The normalized spacial score (nSPS) is 21.9. The Kier molecular flexibility index (Phi) is 4.36. The zero-order valence-corrected chi connectivity index (χ0v) is 10.8. The van der Waals surface area contributed by atoms with Gasteiger partial charge in [-0.15, -0.1) is 0 Å². The molecular weight excluding hydrogens is 230 g/mol. The Balaban J connectivity index is 1.81. The molecule has 1 amide bonds. The Morgan fingerprint density at radius 3 is 3.11 bits per heavy atom. The number of carbonyl (C=O) groups excluding carboxylic acids is 1. The third kappa shape index (κ3) is 3.32. The van der Waals surface area contributed by atoms with Gasteiger partial charge in [0.2, 0.25) is 5.91 Å². The first-order valence-electron chi connectivity index (χ1n) is 6.60. The molecule has 1 N–H and O–H groups in total. The van der Waals surface area contributed by atoms with Crippen LogP contribution in [0.15, 0.2) is 18.5 Å². The Bertz CT molecular complexity index is 376. The van der Waals surface area contributed by atoms with E-state index in [1.165, 1.54) is 0 Å². The van der Waals surface area contributed by atoms with E-state index in [0.29, 0.717) is 19.5 Å². The second kappa shape index (κ2) is 6.00. The van der Waals surface area contributed by atoms with Crippen LogP contribution in [0.2, 0.25) is 0 Å². The summed E-state index contributed by atoms with van der Waals surface area (Å²) in [5, 5.41) is 13.7. The van der Waals surface area contributed by atoms with Crippen LogP contribution in [0.5, 0.6) is 0 Å². The van der Waals surface area contributed by atoms with E-state index < -0.39 is 0 Å². The summed E-state index contributed by atoms with van der Waals surface area (Å²) in [6.07, 6.45) is 5.74. The van der Waals surface area contributed by atoms with E-state index >= 15 is 0 Å². The molecule has 0 radical (unpaired) electrons. The molecule has 0 aliphatic carbocycles. The molecule has 1 aromatic heterocycles. The fourth-order valence-electron chi connectivity index (χ4n) is 2.43. The minimum atomic E-state index is -0.327. The zero-order valence-electron chi connectivity index (χ0n) is 10.8. The molecule has 1 saturated heterocycles. The van der Waals surface area contributed by atoms with E-state index in [1.54, 1.807) is 10.9 Å². The van der Waals surface area contributed by atoms with Crippen molar-refractivity contribution < 1.29 is 9.90 Å². The standard InChI is InChI=1S/C13H21N3O2/c1-11(17)12-4-2-7-15(10-12)13(18)5-9-16-8-3-6-14-16/h3,6,8,11-12,17H,2,4-5,7,9-10H2,1H3. The number of aliphatic hydroxyl groups excluding tert-OH is 1. The van der Waals surface area contributed by atoms with E-state index in [-0.39, 0.29) is 17.9 Å². The number of amides is 1. The number of aryl methyl sites for hydroxylation is 1. The summed E-state index contributed by atoms with van der Waals surface area (Å²) in [4.78, 5) is 13.9. The smallest absolute Gasteiger partial charge is 0.224 e. The molecule has 5 heteroatoms. The number of hydrogen-bond acceptors (Lipinski definition) is 3. The van der Waals surface area contributed by atoms with Crippen molar-refractivity contribution in [3.8, 4) is 0 Å². The largest absolute Gasteiger partial charge is 0.393 e. The monoisotopic (exact) mass is 251 g/mol. The van der Waals surface area contributed by atoms with Gasteiger partial charge in [-0.3, -0.25) is 9.48 Å². The van der Waals surface area contributed by atoms with Gasteiger partial charge in [0.15, 0.2) is 0 Å². The summed E-state index contributed by atoms with van der Waals surface area (Å²) in [5.74, 6) is 0.392. The molecule has 0 aromatic carbocycles. The molecule has 2 rings (SSSR count). The fourth-order valence-corrected chi connectivity index (χ4v) is 2.43. The average Bonchev–Trinajstić information content (AvgIpc) is 2.89. The molecule has 1 aliphatic rings. The van der Waals surface area contributed by atoms with Gasteiger partial charge in [-0.25, -0.2) is 0 Å². The Morgan fingerprint density at radius 2 is 2.44 bits per heavy atom. The van der Waals surface area contributed by atoms with E-state index in [4.69, 9.17) is 0 Å². The number of hydrogen-bond donors (Lipinski definition) is 1. The molecule has 18 heavy (non-hydrogen) atoms. The van der Waals surface area contributed by atoms with Crippen LogP contribution in [-0.2, 0) is 11.3 Å². The number of aliphatic hydroxyl groups is 1. The summed E-state index contributed by atoms with van der Waals surface area (Å²) in [6.45, 7) is 3.95. The molecular formula is C13H21N3O2. The van der Waals surface area contributed by atoms with Crippen molar-refractivity contribution in [2.45, 2.75) is 38.8 Å². The van der Waals surface area contributed by atoms with Crippen LogP contribution in [0.4, 0.5) is 0 Å². The minimum absolute atomic E-state index is 0.163. The van der Waals surface area contributed by atoms with Gasteiger partial charge in [0.05, 0.1) is 6.10 Å². The van der Waals surface area contributed by atoms with Crippen molar-refractivity contribution in [3.63, 3.8) is 0 Å². The maximum Gasteiger partial charge on any atom is 0.224 e. The fraction of sp³-hybridized carbons (Fsp3) is 0.692. The van der Waals surface area contributed by atoms with Gasteiger partial charge in [-0.2, -0.15) is 5.10 Å². The van der Waals surface area contributed by atoms with Crippen LogP contribution in [0, 0.1) is 5.92 Å². The molecule has 2 unspecified atom stereocenters. The number of likely N-dealkylation sites (tertiary alicyclic amines) is 1. The predicted octanol–water partition coefficient (Wildman–Crippen LogP) is 0.893. The third-order valence-electron chi connectivity index (χ3n) is 3.61. The topological polar surface area (TPSA) is 58.4 Å². The van der Waals surface area contributed by atoms with Crippen molar-refractivity contribution in [1.29, 1.82) is 0 Å². The molecule has 5 nitrogen and oxygen atoms in total. The van der Waals surface area contributed by atoms with Crippen LogP contribution in [-0.4, -0.2) is 44.9 Å². The Morgan fingerprint density at radius 1 is 1.61 bits per heavy atom. The first-order valence-corrected chi connectivity index (χ1v) is 6.60. The minimum Gasteiger partial charge on any atom is -0.393 e. The molecule has 2 atom stereocenters. The van der Waals surface area contributed by atoms with Crippen molar-refractivity contribution in [1.82, 2.24) is 14.7 Å². The van der Waals surface area contributed by atoms with Crippen molar-refractivity contribution in [2.75, 3.05) is 13.1 Å². The third-order valence-corrected chi connectivity index (χ3v) is 3.61. The number of aromatic nitrogens is 2. The molecule has 2 heterocycles. The highest BCUT2D eigenvalue weighted by Crippen LogP contribution is 2.20. The first kappa shape index (κ1) is 13.1. The van der Waals surface area contributed by atoms with Crippen LogP contribution in [0.3, 0.4) is 0 Å². The molecule has 0 bridgehead atoms. The highest BCUT2D eigenvalue weighted by Gasteiger charge is 2.26. The van der Waals surface area contributed by atoms with Crippen molar-refractivity contribution in [3.05, 3.63) is 18.5 Å². The SMILES string of the molecule is CC(O)C1CCCN(C(=O)CCn2cccn2)C1. The van der Waals surface area contributed by atoms with E-state index in [2.05, 4.69) is 5.10 Å². The first-order chi connectivity index (χ1) is 8.66. The van der Waals surface area contributed by atoms with E-state index in [9.17, 15) is 9.90 Å². The molecule has 0 spiro atoms. The predicted molar refractivity (Wildman–Crippen MR) is 67.8 cm³/mol. The van der Waals surface area contributed by atoms with Gasteiger partial charge < -0.3 is 10.0 Å². The number of carbonyl (C=O) groups is 1. The molecule has 0 saturated carbocycles. The van der Waals surface area contributed by atoms with Crippen LogP contribution in [0.1, 0.15) is 26.2 Å². The van der Waals surface area contributed by atoms with Crippen LogP contribution >= 0.6 is 0 Å². The van der Waals surface area contributed by atoms with Crippen LogP contribution < -0.4 is 0 Å². The van der Waals surface area contributed by atoms with Crippen molar-refractivity contribution >= 4 is 5.91 Å². The Hall–Kier alpha value is -1.36.